The number of nitrogens with one attached hydrogen (secondary N) is 1. The van der Waals surface area contributed by atoms with Gasteiger partial charge in [0.05, 0.1) is 22.6 Å². The number of rotatable bonds is 7. The van der Waals surface area contributed by atoms with Gasteiger partial charge < -0.3 is 9.73 Å². The average Bonchev–Trinajstić information content (AvgIpc) is 3.47. The number of anilines is 1. The Bertz CT molecular complexity index is 920. The van der Waals surface area contributed by atoms with E-state index in [0.717, 1.165) is 32.4 Å². The lowest BCUT2D eigenvalue weighted by Crippen LogP contribution is -2.28. The summed E-state index contributed by atoms with van der Waals surface area (Å²) < 4.78 is 6.32. The first-order valence-electron chi connectivity index (χ1n) is 8.41. The van der Waals surface area contributed by atoms with E-state index in [1.54, 1.807) is 22.6 Å². The van der Waals surface area contributed by atoms with E-state index in [1.165, 1.54) is 23.1 Å². The van der Waals surface area contributed by atoms with Crippen LogP contribution >= 0.6 is 34.4 Å². The molecule has 27 heavy (non-hydrogen) atoms. The van der Waals surface area contributed by atoms with Gasteiger partial charge in [-0.3, -0.25) is 4.79 Å². The van der Waals surface area contributed by atoms with Crippen molar-refractivity contribution in [3.8, 4) is 0 Å². The standard InChI is InChI=1S/C17H17N5O2S3/c1-2-18-16-19-20-17(27-16)26-10-15(23)22-12(13-5-3-7-24-13)9-11(21-22)14-6-4-8-25-14/h3-8,12H,2,9-10H2,1H3,(H,18,19)/t12-/m1/s1. The van der Waals surface area contributed by atoms with Crippen LogP contribution in [0.4, 0.5) is 5.13 Å². The minimum absolute atomic E-state index is 0.0758. The Balaban J connectivity index is 1.48. The van der Waals surface area contributed by atoms with E-state index in [2.05, 4.69) is 20.6 Å². The molecule has 0 bridgehead atoms. The Morgan fingerprint density at radius 3 is 3.07 bits per heavy atom. The molecule has 0 saturated carbocycles. The first kappa shape index (κ1) is 18.2. The smallest absolute Gasteiger partial charge is 0.253 e. The topological polar surface area (TPSA) is 83.6 Å². The van der Waals surface area contributed by atoms with Gasteiger partial charge in [-0.1, -0.05) is 29.2 Å². The summed E-state index contributed by atoms with van der Waals surface area (Å²) in [6, 6.07) is 7.52. The Labute approximate surface area is 168 Å². The van der Waals surface area contributed by atoms with Gasteiger partial charge in [-0.2, -0.15) is 5.10 Å². The SMILES string of the molecule is CCNc1nnc(SCC(=O)N2N=C(c3cccs3)C[C@@H]2c2ccco2)s1. The number of aromatic nitrogens is 2. The molecule has 1 amide bonds. The fraction of sp³-hybridized carbons (Fsp3) is 0.294. The number of nitrogens with zero attached hydrogens (tertiary/aromatic N) is 4. The molecule has 1 atom stereocenters. The van der Waals surface area contributed by atoms with Crippen LogP contribution in [0.25, 0.3) is 0 Å². The molecule has 0 aliphatic carbocycles. The van der Waals surface area contributed by atoms with Gasteiger partial charge in [0.15, 0.2) is 4.34 Å². The highest BCUT2D eigenvalue weighted by Crippen LogP contribution is 2.35. The molecular weight excluding hydrogens is 402 g/mol. The zero-order valence-electron chi connectivity index (χ0n) is 14.5. The Hall–Kier alpha value is -2.17. The monoisotopic (exact) mass is 419 g/mol. The van der Waals surface area contributed by atoms with Crippen LogP contribution in [0.15, 0.2) is 49.8 Å². The van der Waals surface area contributed by atoms with E-state index in [1.807, 2.05) is 36.6 Å². The fourth-order valence-electron chi connectivity index (χ4n) is 2.71. The highest BCUT2D eigenvalue weighted by atomic mass is 32.2. The van der Waals surface area contributed by atoms with Crippen molar-refractivity contribution in [1.82, 2.24) is 15.2 Å². The molecule has 0 spiro atoms. The van der Waals surface area contributed by atoms with E-state index in [0.29, 0.717) is 6.42 Å². The largest absolute Gasteiger partial charge is 0.467 e. The van der Waals surface area contributed by atoms with Gasteiger partial charge in [0.25, 0.3) is 5.91 Å². The molecule has 1 N–H and O–H groups in total. The molecule has 0 fully saturated rings. The molecule has 1 aliphatic heterocycles. The quantitative estimate of drug-likeness (QED) is 0.581. The fourth-order valence-corrected chi connectivity index (χ4v) is 5.11. The molecule has 0 saturated heterocycles. The molecule has 10 heteroatoms. The Morgan fingerprint density at radius 1 is 1.41 bits per heavy atom. The number of hydrazone groups is 1. The van der Waals surface area contributed by atoms with Gasteiger partial charge in [0.1, 0.15) is 11.8 Å². The summed E-state index contributed by atoms with van der Waals surface area (Å²) in [4.78, 5) is 14.0. The van der Waals surface area contributed by atoms with Gasteiger partial charge in [0, 0.05) is 13.0 Å². The third-order valence-corrected chi connectivity index (χ3v) is 6.81. The first-order valence-corrected chi connectivity index (χ1v) is 11.1. The van der Waals surface area contributed by atoms with Crippen LogP contribution in [-0.4, -0.2) is 39.1 Å². The first-order chi connectivity index (χ1) is 13.2. The van der Waals surface area contributed by atoms with Crippen LogP contribution in [0.2, 0.25) is 0 Å². The summed E-state index contributed by atoms with van der Waals surface area (Å²) in [5, 5.41) is 20.2. The second-order valence-corrected chi connectivity index (χ2v) is 8.84. The van der Waals surface area contributed by atoms with Crippen molar-refractivity contribution in [3.05, 3.63) is 46.5 Å². The molecule has 1 aliphatic rings. The van der Waals surface area contributed by atoms with Gasteiger partial charge in [0.2, 0.25) is 5.13 Å². The van der Waals surface area contributed by atoms with Gasteiger partial charge in [-0.05, 0) is 30.5 Å². The second-order valence-electron chi connectivity index (χ2n) is 5.69. The van der Waals surface area contributed by atoms with Crippen molar-refractivity contribution in [1.29, 1.82) is 0 Å². The predicted molar refractivity (Wildman–Crippen MR) is 109 cm³/mol. The number of carbonyl (C=O) groups is 1. The molecule has 140 valence electrons. The van der Waals surface area contributed by atoms with E-state index < -0.39 is 0 Å². The molecule has 0 unspecified atom stereocenters. The normalized spacial score (nSPS) is 16.6. The molecule has 7 nitrogen and oxygen atoms in total. The second kappa shape index (κ2) is 8.24. The molecule has 3 aromatic rings. The number of hydrogen-bond donors (Lipinski definition) is 1. The summed E-state index contributed by atoms with van der Waals surface area (Å²) in [7, 11) is 0. The van der Waals surface area contributed by atoms with Crippen LogP contribution < -0.4 is 5.32 Å². The van der Waals surface area contributed by atoms with Crippen LogP contribution in [-0.2, 0) is 4.79 Å². The summed E-state index contributed by atoms with van der Waals surface area (Å²) in [5.74, 6) is 0.918. The van der Waals surface area contributed by atoms with Crippen molar-refractivity contribution in [2.45, 2.75) is 23.7 Å². The summed E-state index contributed by atoms with van der Waals surface area (Å²) in [5.41, 5.74) is 0.912. The maximum atomic E-state index is 12.9. The lowest BCUT2D eigenvalue weighted by Gasteiger charge is -2.19. The minimum Gasteiger partial charge on any atom is -0.467 e. The minimum atomic E-state index is -0.211. The molecule has 4 heterocycles. The molecule has 3 aromatic heterocycles. The van der Waals surface area contributed by atoms with Crippen molar-refractivity contribution >= 4 is 51.2 Å². The zero-order chi connectivity index (χ0) is 18.6. The van der Waals surface area contributed by atoms with Gasteiger partial charge in [-0.15, -0.1) is 21.5 Å². The third kappa shape index (κ3) is 4.07. The van der Waals surface area contributed by atoms with Crippen molar-refractivity contribution < 1.29 is 9.21 Å². The lowest BCUT2D eigenvalue weighted by molar-refractivity contribution is -0.130. The highest BCUT2D eigenvalue weighted by molar-refractivity contribution is 8.01. The van der Waals surface area contributed by atoms with Crippen molar-refractivity contribution in [2.24, 2.45) is 5.10 Å². The van der Waals surface area contributed by atoms with Crippen LogP contribution in [0.5, 0.6) is 0 Å². The van der Waals surface area contributed by atoms with Crippen LogP contribution in [0.3, 0.4) is 0 Å². The van der Waals surface area contributed by atoms with E-state index in [4.69, 9.17) is 4.42 Å². The number of hydrogen-bond acceptors (Lipinski definition) is 9. The maximum Gasteiger partial charge on any atom is 0.253 e. The zero-order valence-corrected chi connectivity index (χ0v) is 16.9. The summed E-state index contributed by atoms with van der Waals surface area (Å²) in [6.45, 7) is 2.79. The number of carbonyl (C=O) groups excluding carboxylic acids is 1. The Kier molecular flexibility index (Phi) is 5.55. The average molecular weight is 420 g/mol. The predicted octanol–water partition coefficient (Wildman–Crippen LogP) is 4.09. The van der Waals surface area contributed by atoms with Gasteiger partial charge >= 0.3 is 0 Å². The number of furan rings is 1. The van der Waals surface area contributed by atoms with E-state index in [-0.39, 0.29) is 17.7 Å². The maximum absolute atomic E-state index is 12.9. The van der Waals surface area contributed by atoms with Crippen molar-refractivity contribution in [2.75, 3.05) is 17.6 Å². The third-order valence-electron chi connectivity index (χ3n) is 3.90. The lowest BCUT2D eigenvalue weighted by atomic mass is 10.1. The number of thiophene rings is 1. The Morgan fingerprint density at radius 2 is 2.33 bits per heavy atom. The summed E-state index contributed by atoms with van der Waals surface area (Å²) >= 11 is 4.44. The van der Waals surface area contributed by atoms with Crippen LogP contribution in [0.1, 0.15) is 30.0 Å². The molecule has 0 aromatic carbocycles. The summed E-state index contributed by atoms with van der Waals surface area (Å²) in [6.07, 6.45) is 2.27. The molecular formula is C17H17N5O2S3. The van der Waals surface area contributed by atoms with Crippen molar-refractivity contribution in [3.63, 3.8) is 0 Å². The molecule has 0 radical (unpaired) electrons. The van der Waals surface area contributed by atoms with E-state index >= 15 is 0 Å². The molecule has 4 rings (SSSR count). The highest BCUT2D eigenvalue weighted by Gasteiger charge is 2.35. The van der Waals surface area contributed by atoms with Crippen LogP contribution in [0, 0.1) is 0 Å². The number of thioether (sulfide) groups is 1. The number of amides is 1. The van der Waals surface area contributed by atoms with E-state index in [9.17, 15) is 4.79 Å². The van der Waals surface area contributed by atoms with Gasteiger partial charge in [-0.25, -0.2) is 5.01 Å².